The Labute approximate surface area is 143 Å². The van der Waals surface area contributed by atoms with Crippen LogP contribution in [-0.4, -0.2) is 15.7 Å². The van der Waals surface area contributed by atoms with Crippen molar-refractivity contribution in [1.82, 2.24) is 9.78 Å². The van der Waals surface area contributed by atoms with Crippen LogP contribution in [0.5, 0.6) is 0 Å². The van der Waals surface area contributed by atoms with Gasteiger partial charge in [-0.15, -0.1) is 0 Å². The van der Waals surface area contributed by atoms with Crippen LogP contribution in [0.3, 0.4) is 0 Å². The van der Waals surface area contributed by atoms with Gasteiger partial charge >= 0.3 is 0 Å². The van der Waals surface area contributed by atoms with E-state index in [2.05, 4.69) is 26.3 Å². The lowest BCUT2D eigenvalue weighted by Gasteiger charge is -2.22. The van der Waals surface area contributed by atoms with E-state index in [1.54, 1.807) is 4.68 Å². The van der Waals surface area contributed by atoms with E-state index in [0.717, 1.165) is 18.5 Å². The van der Waals surface area contributed by atoms with Crippen LogP contribution in [0.25, 0.3) is 0 Å². The van der Waals surface area contributed by atoms with Crippen molar-refractivity contribution in [2.45, 2.75) is 45.1 Å². The van der Waals surface area contributed by atoms with Crippen molar-refractivity contribution >= 4 is 27.5 Å². The molecule has 0 aliphatic heterocycles. The minimum absolute atomic E-state index is 0.244. The largest absolute Gasteiger partial charge is 0.320 e. The predicted molar refractivity (Wildman–Crippen MR) is 91.3 cm³/mol. The molecule has 23 heavy (non-hydrogen) atoms. The molecule has 122 valence electrons. The normalized spacial score (nSPS) is 14.8. The molecule has 0 radical (unpaired) electrons. The van der Waals surface area contributed by atoms with E-state index < -0.39 is 0 Å². The number of amides is 1. The monoisotopic (exact) mass is 379 g/mol. The maximum atomic E-state index is 13.2. The molecule has 3 rings (SSSR count). The van der Waals surface area contributed by atoms with Crippen molar-refractivity contribution in [3.63, 3.8) is 0 Å². The van der Waals surface area contributed by atoms with Crippen LogP contribution in [0.2, 0.25) is 0 Å². The van der Waals surface area contributed by atoms with Crippen molar-refractivity contribution < 1.29 is 9.18 Å². The van der Waals surface area contributed by atoms with E-state index in [1.165, 1.54) is 18.2 Å². The summed E-state index contributed by atoms with van der Waals surface area (Å²) in [5.41, 5.74) is 1.74. The fraction of sp³-hybridized carbons (Fsp3) is 0.412. The third-order valence-corrected chi connectivity index (χ3v) is 4.43. The molecule has 1 saturated carbocycles. The first-order valence-electron chi connectivity index (χ1n) is 7.62. The molecule has 1 aliphatic carbocycles. The average Bonchev–Trinajstić information content (AvgIpc) is 3.19. The average molecular weight is 380 g/mol. The molecule has 1 aromatic heterocycles. The molecule has 1 fully saturated rings. The van der Waals surface area contributed by atoms with Gasteiger partial charge in [0, 0.05) is 10.4 Å². The quantitative estimate of drug-likeness (QED) is 0.841. The molecule has 0 atom stereocenters. The van der Waals surface area contributed by atoms with Gasteiger partial charge in [-0.3, -0.25) is 9.48 Å². The highest BCUT2D eigenvalue weighted by Crippen LogP contribution is 2.40. The van der Waals surface area contributed by atoms with Gasteiger partial charge in [0.15, 0.2) is 0 Å². The van der Waals surface area contributed by atoms with Crippen molar-refractivity contribution in [1.29, 1.82) is 0 Å². The molecule has 0 spiro atoms. The van der Waals surface area contributed by atoms with Gasteiger partial charge in [-0.2, -0.15) is 5.10 Å². The Morgan fingerprint density at radius 1 is 1.35 bits per heavy atom. The van der Waals surface area contributed by atoms with Crippen molar-refractivity contribution in [2.75, 3.05) is 5.32 Å². The van der Waals surface area contributed by atoms with E-state index in [0.29, 0.717) is 21.8 Å². The van der Waals surface area contributed by atoms with Gasteiger partial charge in [-0.1, -0.05) is 0 Å². The Morgan fingerprint density at radius 2 is 2.04 bits per heavy atom. The molecule has 1 amide bonds. The lowest BCUT2D eigenvalue weighted by molar-refractivity contribution is 0.100. The van der Waals surface area contributed by atoms with Gasteiger partial charge in [0.25, 0.3) is 5.91 Å². The third-order valence-electron chi connectivity index (χ3n) is 3.77. The van der Waals surface area contributed by atoms with E-state index >= 15 is 0 Å². The fourth-order valence-electron chi connectivity index (χ4n) is 2.43. The number of rotatable bonds is 3. The molecule has 1 aliphatic rings. The first kappa shape index (κ1) is 16.2. The molecule has 2 aromatic rings. The summed E-state index contributed by atoms with van der Waals surface area (Å²) in [6.07, 6.45) is 2.26. The second-order valence-electron chi connectivity index (χ2n) is 6.89. The van der Waals surface area contributed by atoms with Crippen molar-refractivity contribution in [3.05, 3.63) is 45.9 Å². The summed E-state index contributed by atoms with van der Waals surface area (Å²) in [6.45, 7) is 6.05. The molecule has 0 unspecified atom stereocenters. The van der Waals surface area contributed by atoms with Crippen LogP contribution >= 0.6 is 15.9 Å². The summed E-state index contributed by atoms with van der Waals surface area (Å²) in [4.78, 5) is 12.7. The molecule has 6 heteroatoms. The summed E-state index contributed by atoms with van der Waals surface area (Å²) >= 11 is 3.27. The van der Waals surface area contributed by atoms with Crippen LogP contribution in [0.1, 0.15) is 55.7 Å². The minimum atomic E-state index is -0.356. The van der Waals surface area contributed by atoms with Crippen LogP contribution < -0.4 is 5.32 Å². The Kier molecular flexibility index (Phi) is 4.04. The zero-order chi connectivity index (χ0) is 16.8. The number of carbonyl (C=O) groups is 1. The zero-order valence-corrected chi connectivity index (χ0v) is 14.9. The van der Waals surface area contributed by atoms with Gasteiger partial charge in [-0.25, -0.2) is 4.39 Å². The van der Waals surface area contributed by atoms with E-state index in [4.69, 9.17) is 0 Å². The summed E-state index contributed by atoms with van der Waals surface area (Å²) in [5, 5.41) is 7.45. The maximum absolute atomic E-state index is 13.2. The predicted octanol–water partition coefficient (Wildman–Crippen LogP) is 4.67. The number of hydrogen-bond donors (Lipinski definition) is 1. The molecule has 1 N–H and O–H groups in total. The molecule has 4 nitrogen and oxygen atoms in total. The van der Waals surface area contributed by atoms with Crippen LogP contribution in [0.15, 0.2) is 28.7 Å². The number of nitrogens with one attached hydrogen (secondary N) is 1. The molecular formula is C17H19BrFN3O. The summed E-state index contributed by atoms with van der Waals surface area (Å²) in [7, 11) is 0. The second kappa shape index (κ2) is 5.74. The topological polar surface area (TPSA) is 46.9 Å². The smallest absolute Gasteiger partial charge is 0.273 e. The van der Waals surface area contributed by atoms with Crippen LogP contribution in [0, 0.1) is 5.82 Å². The number of benzene rings is 1. The maximum Gasteiger partial charge on any atom is 0.273 e. The van der Waals surface area contributed by atoms with Gasteiger partial charge in [0.05, 0.1) is 16.9 Å². The molecule has 0 saturated heterocycles. The second-order valence-corrected chi connectivity index (χ2v) is 7.74. The minimum Gasteiger partial charge on any atom is -0.320 e. The summed E-state index contributed by atoms with van der Waals surface area (Å²) < 4.78 is 15.5. The van der Waals surface area contributed by atoms with Crippen LogP contribution in [0.4, 0.5) is 10.1 Å². The first-order chi connectivity index (χ1) is 10.8. The van der Waals surface area contributed by atoms with Gasteiger partial charge in [0.1, 0.15) is 11.5 Å². The number of halogens is 2. The van der Waals surface area contributed by atoms with Gasteiger partial charge < -0.3 is 5.32 Å². The number of nitrogens with zero attached hydrogens (tertiary/aromatic N) is 2. The number of aromatic nitrogens is 2. The number of hydrogen-bond acceptors (Lipinski definition) is 2. The highest BCUT2D eigenvalue weighted by atomic mass is 79.9. The number of carbonyl (C=O) groups excluding carboxylic acids is 1. The van der Waals surface area contributed by atoms with E-state index in [-0.39, 0.29) is 17.3 Å². The first-order valence-corrected chi connectivity index (χ1v) is 8.42. The lowest BCUT2D eigenvalue weighted by atomic mass is 10.1. The summed E-state index contributed by atoms with van der Waals surface area (Å²) in [5.74, 6) is -0.125. The van der Waals surface area contributed by atoms with Crippen LogP contribution in [-0.2, 0) is 5.54 Å². The lowest BCUT2D eigenvalue weighted by Crippen LogP contribution is -2.29. The third kappa shape index (κ3) is 3.47. The highest BCUT2D eigenvalue weighted by Gasteiger charge is 2.31. The van der Waals surface area contributed by atoms with Gasteiger partial charge in [0.2, 0.25) is 0 Å². The standard InChI is InChI=1S/C17H19BrFN3O/c1-17(2,3)22-15(9-14(21-22)10-4-5-10)16(23)20-13-7-6-11(19)8-12(13)18/h6-10H,4-5H2,1-3H3,(H,20,23). The number of anilines is 1. The molecule has 1 aromatic carbocycles. The van der Waals surface area contributed by atoms with E-state index in [9.17, 15) is 9.18 Å². The molecule has 1 heterocycles. The highest BCUT2D eigenvalue weighted by molar-refractivity contribution is 9.10. The Morgan fingerprint density at radius 3 is 2.61 bits per heavy atom. The van der Waals surface area contributed by atoms with Crippen molar-refractivity contribution in [3.8, 4) is 0 Å². The van der Waals surface area contributed by atoms with Crippen molar-refractivity contribution in [2.24, 2.45) is 0 Å². The zero-order valence-electron chi connectivity index (χ0n) is 13.4. The van der Waals surface area contributed by atoms with E-state index in [1.807, 2.05) is 26.8 Å². The summed E-state index contributed by atoms with van der Waals surface area (Å²) in [6, 6.07) is 6.05. The Bertz CT molecular complexity index is 760. The SMILES string of the molecule is CC(C)(C)n1nc(C2CC2)cc1C(=O)Nc1ccc(F)cc1Br. The Balaban J connectivity index is 1.92. The Hall–Kier alpha value is -1.69. The van der Waals surface area contributed by atoms with Gasteiger partial charge in [-0.05, 0) is 73.8 Å². The fourth-order valence-corrected chi connectivity index (χ4v) is 2.88. The molecule has 0 bridgehead atoms. The molecular weight excluding hydrogens is 361 g/mol.